The van der Waals surface area contributed by atoms with Gasteiger partial charge in [0.05, 0.1) is 6.54 Å². The highest BCUT2D eigenvalue weighted by molar-refractivity contribution is 5.94. The molecule has 4 rings (SSSR count). The molecule has 0 saturated carbocycles. The Bertz CT molecular complexity index is 845. The number of nitrogens with two attached hydrogens (primary N) is 1. The molecule has 2 heterocycles. The number of piperazine rings is 1. The van der Waals surface area contributed by atoms with Gasteiger partial charge in [0.25, 0.3) is 0 Å². The first-order chi connectivity index (χ1) is 13.7. The SMILES string of the molecule is NC([NH3+])=[NH+]c1ccc(N2CCN(c3ccc(NC4=NCCN4)cc3)CC2)cc1. The average Bonchev–Trinajstić information content (AvgIpc) is 3.22. The lowest BCUT2D eigenvalue weighted by atomic mass is 10.2. The lowest BCUT2D eigenvalue weighted by Gasteiger charge is -2.37. The molecule has 1 fully saturated rings. The van der Waals surface area contributed by atoms with Gasteiger partial charge in [-0.05, 0) is 48.5 Å². The van der Waals surface area contributed by atoms with E-state index in [1.807, 2.05) is 12.1 Å². The Balaban J connectivity index is 1.33. The molecule has 2 aliphatic rings. The van der Waals surface area contributed by atoms with E-state index in [9.17, 15) is 0 Å². The van der Waals surface area contributed by atoms with Crippen LogP contribution in [-0.2, 0) is 0 Å². The molecule has 8 N–H and O–H groups in total. The van der Waals surface area contributed by atoms with Crippen molar-refractivity contribution < 1.29 is 10.7 Å². The largest absolute Gasteiger partial charge is 0.439 e. The zero-order valence-electron chi connectivity index (χ0n) is 16.0. The maximum absolute atomic E-state index is 5.59. The van der Waals surface area contributed by atoms with Gasteiger partial charge in [0.15, 0.2) is 5.96 Å². The molecule has 2 aromatic carbocycles. The summed E-state index contributed by atoms with van der Waals surface area (Å²) >= 11 is 0. The van der Waals surface area contributed by atoms with Crippen molar-refractivity contribution in [2.75, 3.05) is 54.4 Å². The van der Waals surface area contributed by atoms with Crippen molar-refractivity contribution in [3.05, 3.63) is 48.5 Å². The summed E-state index contributed by atoms with van der Waals surface area (Å²) in [5, 5.41) is 6.53. The quantitative estimate of drug-likeness (QED) is 0.333. The highest BCUT2D eigenvalue weighted by Gasteiger charge is 2.18. The van der Waals surface area contributed by atoms with E-state index >= 15 is 0 Å². The highest BCUT2D eigenvalue weighted by atomic mass is 15.3. The van der Waals surface area contributed by atoms with Gasteiger partial charge in [-0.15, -0.1) is 0 Å². The van der Waals surface area contributed by atoms with Crippen LogP contribution < -0.4 is 36.9 Å². The Labute approximate surface area is 164 Å². The third-order valence-corrected chi connectivity index (χ3v) is 4.99. The Morgan fingerprint density at radius 2 is 1.54 bits per heavy atom. The Hall–Kier alpha value is -3.26. The molecular formula is C20H28N8+2. The molecule has 28 heavy (non-hydrogen) atoms. The van der Waals surface area contributed by atoms with Crippen molar-refractivity contribution in [1.29, 1.82) is 0 Å². The van der Waals surface area contributed by atoms with Crippen molar-refractivity contribution in [2.45, 2.75) is 0 Å². The maximum Gasteiger partial charge on any atom is 0.439 e. The number of quaternary nitrogens is 1. The molecule has 0 radical (unpaired) electrons. The summed E-state index contributed by atoms with van der Waals surface area (Å²) in [7, 11) is 0. The minimum Gasteiger partial charge on any atom is -0.368 e. The van der Waals surface area contributed by atoms with Crippen molar-refractivity contribution in [3.8, 4) is 0 Å². The van der Waals surface area contributed by atoms with Crippen LogP contribution in [0.25, 0.3) is 0 Å². The summed E-state index contributed by atoms with van der Waals surface area (Å²) in [4.78, 5) is 12.2. The van der Waals surface area contributed by atoms with Crippen molar-refractivity contribution >= 4 is 34.7 Å². The molecule has 1 saturated heterocycles. The van der Waals surface area contributed by atoms with E-state index in [4.69, 9.17) is 5.73 Å². The number of rotatable bonds is 4. The summed E-state index contributed by atoms with van der Waals surface area (Å²) in [5.41, 5.74) is 13.8. The van der Waals surface area contributed by atoms with Crippen LogP contribution in [0.4, 0.5) is 22.7 Å². The van der Waals surface area contributed by atoms with Crippen LogP contribution in [-0.4, -0.2) is 51.2 Å². The lowest BCUT2D eigenvalue weighted by molar-refractivity contribution is -0.426. The maximum atomic E-state index is 5.59. The molecule has 0 spiro atoms. The molecule has 0 aromatic heterocycles. The predicted molar refractivity (Wildman–Crippen MR) is 114 cm³/mol. The minimum absolute atomic E-state index is 0.454. The first-order valence-electron chi connectivity index (χ1n) is 9.64. The molecule has 2 aliphatic heterocycles. The Morgan fingerprint density at radius 1 is 0.964 bits per heavy atom. The van der Waals surface area contributed by atoms with Crippen LogP contribution in [0.1, 0.15) is 0 Å². The van der Waals surface area contributed by atoms with E-state index in [1.54, 1.807) is 0 Å². The fraction of sp³-hybridized carbons (Fsp3) is 0.300. The van der Waals surface area contributed by atoms with Gasteiger partial charge in [0.2, 0.25) is 0 Å². The summed E-state index contributed by atoms with van der Waals surface area (Å²) in [5.74, 6) is 1.31. The molecule has 146 valence electrons. The number of aliphatic imine (C=N–C) groups is 1. The number of anilines is 3. The smallest absolute Gasteiger partial charge is 0.368 e. The summed E-state index contributed by atoms with van der Waals surface area (Å²) in [6, 6.07) is 16.9. The van der Waals surface area contributed by atoms with Crippen molar-refractivity contribution in [3.63, 3.8) is 0 Å². The van der Waals surface area contributed by atoms with Crippen LogP contribution in [0.3, 0.4) is 0 Å². The molecule has 0 bridgehead atoms. The first kappa shape index (κ1) is 18.1. The van der Waals surface area contributed by atoms with E-state index in [2.05, 4.69) is 72.6 Å². The van der Waals surface area contributed by atoms with Crippen molar-refractivity contribution in [1.82, 2.24) is 5.32 Å². The van der Waals surface area contributed by atoms with Crippen LogP contribution >= 0.6 is 0 Å². The van der Waals surface area contributed by atoms with Gasteiger partial charge in [-0.25, -0.2) is 5.73 Å². The lowest BCUT2D eigenvalue weighted by Crippen LogP contribution is -2.85. The highest BCUT2D eigenvalue weighted by Crippen LogP contribution is 2.22. The van der Waals surface area contributed by atoms with Gasteiger partial charge in [0.1, 0.15) is 5.69 Å². The van der Waals surface area contributed by atoms with Crippen LogP contribution in [0.2, 0.25) is 0 Å². The topological polar surface area (TPSA) is 111 Å². The molecule has 2 aromatic rings. The van der Waals surface area contributed by atoms with Crippen LogP contribution in [0.15, 0.2) is 53.5 Å². The Kier molecular flexibility index (Phi) is 5.29. The number of hydrogen-bond donors (Lipinski definition) is 5. The van der Waals surface area contributed by atoms with E-state index in [-0.39, 0.29) is 0 Å². The molecule has 0 atom stereocenters. The minimum atomic E-state index is 0.454. The van der Waals surface area contributed by atoms with E-state index in [1.165, 1.54) is 11.4 Å². The molecule has 8 nitrogen and oxygen atoms in total. The third kappa shape index (κ3) is 4.34. The molecular weight excluding hydrogens is 352 g/mol. The fourth-order valence-corrected chi connectivity index (χ4v) is 3.54. The Morgan fingerprint density at radius 3 is 2.04 bits per heavy atom. The number of hydrogen-bond acceptors (Lipinski definition) is 5. The second kappa shape index (κ2) is 8.18. The summed E-state index contributed by atoms with van der Waals surface area (Å²) < 4.78 is 0. The molecule has 0 aliphatic carbocycles. The molecule has 0 amide bonds. The van der Waals surface area contributed by atoms with Gasteiger partial charge >= 0.3 is 5.96 Å². The van der Waals surface area contributed by atoms with Gasteiger partial charge in [-0.1, -0.05) is 0 Å². The normalized spacial score (nSPS) is 17.3. The zero-order valence-corrected chi connectivity index (χ0v) is 16.0. The van der Waals surface area contributed by atoms with E-state index in [0.29, 0.717) is 5.96 Å². The average molecular weight is 381 g/mol. The van der Waals surface area contributed by atoms with E-state index in [0.717, 1.165) is 56.6 Å². The predicted octanol–water partition coefficient (Wildman–Crippen LogP) is -1.35. The standard InChI is InChI=1S/C20H26N8/c21-19(22)25-15-1-5-17(6-2-15)27-11-13-28(14-12-27)18-7-3-16(4-8-18)26-20-23-9-10-24-20/h1-8H,9-14H2,(H4,21,22,25)(H2,23,24,26)/p+2. The number of nitrogens with zero attached hydrogens (tertiary/aromatic N) is 3. The summed E-state index contributed by atoms with van der Waals surface area (Å²) in [6.07, 6.45) is 0. The molecule has 0 unspecified atom stereocenters. The van der Waals surface area contributed by atoms with E-state index < -0.39 is 0 Å². The van der Waals surface area contributed by atoms with Crippen LogP contribution in [0.5, 0.6) is 0 Å². The first-order valence-corrected chi connectivity index (χ1v) is 9.64. The van der Waals surface area contributed by atoms with Gasteiger partial charge in [-0.3, -0.25) is 10.7 Å². The summed E-state index contributed by atoms with van der Waals surface area (Å²) in [6.45, 7) is 5.74. The molecule has 8 heteroatoms. The van der Waals surface area contributed by atoms with Gasteiger partial charge in [0, 0.05) is 49.8 Å². The second-order valence-electron chi connectivity index (χ2n) is 7.00. The number of guanidine groups is 2. The second-order valence-corrected chi connectivity index (χ2v) is 7.00. The third-order valence-electron chi connectivity index (χ3n) is 4.99. The number of nitrogens with one attached hydrogen (secondary N) is 3. The number of benzene rings is 2. The fourth-order valence-electron chi connectivity index (χ4n) is 3.54. The zero-order chi connectivity index (χ0) is 19.3. The van der Waals surface area contributed by atoms with Crippen molar-refractivity contribution in [2.24, 2.45) is 10.7 Å². The monoisotopic (exact) mass is 380 g/mol. The van der Waals surface area contributed by atoms with Gasteiger partial charge < -0.3 is 20.4 Å². The van der Waals surface area contributed by atoms with Crippen LogP contribution in [0, 0.1) is 0 Å². The van der Waals surface area contributed by atoms with Gasteiger partial charge in [-0.2, -0.15) is 4.99 Å².